The molecule has 5 rings (SSSR count). The van der Waals surface area contributed by atoms with Crippen molar-refractivity contribution >= 4 is 28.4 Å². The number of benzene rings is 1. The number of nitrogens with zero attached hydrogens (tertiary/aromatic N) is 5. The van der Waals surface area contributed by atoms with Crippen molar-refractivity contribution in [2.75, 3.05) is 23.8 Å². The highest BCUT2D eigenvalue weighted by molar-refractivity contribution is 6.11. The second kappa shape index (κ2) is 7.65. The molecule has 0 saturated heterocycles. The molecule has 3 aromatic heterocycles. The van der Waals surface area contributed by atoms with Gasteiger partial charge >= 0.3 is 6.36 Å². The summed E-state index contributed by atoms with van der Waals surface area (Å²) in [6.07, 6.45) is -0.399. The third-order valence-corrected chi connectivity index (χ3v) is 5.01. The van der Waals surface area contributed by atoms with Crippen LogP contribution in [0.2, 0.25) is 0 Å². The molecule has 168 valence electrons. The number of aromatic nitrogens is 4. The van der Waals surface area contributed by atoms with E-state index in [0.29, 0.717) is 22.4 Å². The minimum Gasteiger partial charge on any atom is -0.475 e. The van der Waals surface area contributed by atoms with Crippen LogP contribution in [0.15, 0.2) is 55.1 Å². The molecule has 33 heavy (non-hydrogen) atoms. The van der Waals surface area contributed by atoms with Crippen molar-refractivity contribution in [1.82, 2.24) is 19.5 Å². The topological polar surface area (TPSA) is 108 Å². The Labute approximate surface area is 184 Å². The quantitative estimate of drug-likeness (QED) is 0.504. The average molecular weight is 456 g/mol. The number of anilines is 2. The second-order valence-electron chi connectivity index (χ2n) is 7.08. The van der Waals surface area contributed by atoms with Crippen LogP contribution in [0.4, 0.5) is 24.7 Å². The van der Waals surface area contributed by atoms with Gasteiger partial charge in [0, 0.05) is 17.6 Å². The largest absolute Gasteiger partial charge is 0.573 e. The number of carbonyl (C=O) groups excluding carboxylic acids is 1. The SMILES string of the molecule is Nc1ncnc2c1C(=O)N(c1cnc3c(ccn3-c3cccc(OC(F)(F)F)c3)c1)CCO2. The molecule has 1 amide bonds. The second-order valence-corrected chi connectivity index (χ2v) is 7.08. The molecule has 0 radical (unpaired) electrons. The molecule has 9 nitrogen and oxygen atoms in total. The van der Waals surface area contributed by atoms with E-state index in [2.05, 4.69) is 19.7 Å². The summed E-state index contributed by atoms with van der Waals surface area (Å²) in [4.78, 5) is 26.9. The molecule has 1 aromatic carbocycles. The Kier molecular flexibility index (Phi) is 4.77. The lowest BCUT2D eigenvalue weighted by molar-refractivity contribution is -0.274. The van der Waals surface area contributed by atoms with Gasteiger partial charge in [-0.2, -0.15) is 0 Å². The minimum atomic E-state index is -4.79. The Morgan fingerprint density at radius 2 is 1.94 bits per heavy atom. The highest BCUT2D eigenvalue weighted by Gasteiger charge is 2.31. The summed E-state index contributed by atoms with van der Waals surface area (Å²) in [7, 11) is 0. The predicted molar refractivity (Wildman–Crippen MR) is 111 cm³/mol. The first-order valence-corrected chi connectivity index (χ1v) is 9.68. The average Bonchev–Trinajstić information content (AvgIpc) is 3.10. The zero-order valence-corrected chi connectivity index (χ0v) is 16.8. The Hall–Kier alpha value is -4.35. The Bertz CT molecular complexity index is 1370. The Morgan fingerprint density at radius 3 is 2.76 bits per heavy atom. The monoisotopic (exact) mass is 456 g/mol. The number of ether oxygens (including phenoxy) is 2. The number of carbonyl (C=O) groups is 1. The van der Waals surface area contributed by atoms with Crippen LogP contribution in [0.25, 0.3) is 16.7 Å². The maximum absolute atomic E-state index is 13.1. The summed E-state index contributed by atoms with van der Waals surface area (Å²) in [5, 5.41) is 0.671. The molecule has 0 spiro atoms. The minimum absolute atomic E-state index is 0.0121. The number of amides is 1. The maximum Gasteiger partial charge on any atom is 0.573 e. The van der Waals surface area contributed by atoms with Crippen LogP contribution < -0.4 is 20.1 Å². The van der Waals surface area contributed by atoms with E-state index in [1.165, 1.54) is 35.6 Å². The molecular weight excluding hydrogens is 441 g/mol. The van der Waals surface area contributed by atoms with E-state index in [1.54, 1.807) is 29.0 Å². The van der Waals surface area contributed by atoms with Gasteiger partial charge in [-0.25, -0.2) is 15.0 Å². The summed E-state index contributed by atoms with van der Waals surface area (Å²) in [6, 6.07) is 9.06. The fraction of sp³-hybridized carbons (Fsp3) is 0.143. The highest BCUT2D eigenvalue weighted by Crippen LogP contribution is 2.30. The highest BCUT2D eigenvalue weighted by atomic mass is 19.4. The molecular formula is C21H15F3N6O3. The number of nitrogens with two attached hydrogens (primary N) is 1. The summed E-state index contributed by atoms with van der Waals surface area (Å²) >= 11 is 0. The lowest BCUT2D eigenvalue weighted by Crippen LogP contribution is -2.32. The molecule has 4 heterocycles. The first kappa shape index (κ1) is 20.5. The van der Waals surface area contributed by atoms with Crippen molar-refractivity contribution in [2.45, 2.75) is 6.36 Å². The van der Waals surface area contributed by atoms with Crippen LogP contribution in [-0.2, 0) is 0 Å². The number of hydrogen-bond donors (Lipinski definition) is 1. The Morgan fingerprint density at radius 1 is 1.09 bits per heavy atom. The van der Waals surface area contributed by atoms with E-state index >= 15 is 0 Å². The Balaban J connectivity index is 1.50. The van der Waals surface area contributed by atoms with Crippen LogP contribution in [0.3, 0.4) is 0 Å². The number of alkyl halides is 3. The van der Waals surface area contributed by atoms with E-state index in [-0.39, 0.29) is 36.2 Å². The molecule has 0 aliphatic carbocycles. The van der Waals surface area contributed by atoms with Crippen LogP contribution in [-0.4, -0.2) is 44.9 Å². The fourth-order valence-electron chi connectivity index (χ4n) is 3.61. The molecule has 1 aliphatic heterocycles. The first-order chi connectivity index (χ1) is 15.8. The van der Waals surface area contributed by atoms with E-state index in [9.17, 15) is 18.0 Å². The van der Waals surface area contributed by atoms with Gasteiger partial charge in [0.1, 0.15) is 35.7 Å². The molecule has 12 heteroatoms. The van der Waals surface area contributed by atoms with Crippen molar-refractivity contribution < 1.29 is 27.4 Å². The summed E-state index contributed by atoms with van der Waals surface area (Å²) in [5.41, 5.74) is 7.37. The number of halogens is 3. The molecule has 2 N–H and O–H groups in total. The van der Waals surface area contributed by atoms with Crippen molar-refractivity contribution in [2.24, 2.45) is 0 Å². The van der Waals surface area contributed by atoms with Crippen LogP contribution in [0, 0.1) is 0 Å². The molecule has 0 atom stereocenters. The van der Waals surface area contributed by atoms with Crippen molar-refractivity contribution in [1.29, 1.82) is 0 Å². The van der Waals surface area contributed by atoms with E-state index in [0.717, 1.165) is 0 Å². The molecule has 1 aliphatic rings. The van der Waals surface area contributed by atoms with E-state index in [4.69, 9.17) is 10.5 Å². The number of nitrogen functional groups attached to an aromatic ring is 1. The number of fused-ring (bicyclic) bond motifs is 2. The molecule has 4 aromatic rings. The smallest absolute Gasteiger partial charge is 0.475 e. The number of rotatable bonds is 3. The predicted octanol–water partition coefficient (Wildman–Crippen LogP) is 3.34. The van der Waals surface area contributed by atoms with Gasteiger partial charge in [-0.1, -0.05) is 6.07 Å². The molecule has 0 unspecified atom stereocenters. The third-order valence-electron chi connectivity index (χ3n) is 5.01. The molecule has 0 bridgehead atoms. The molecule has 0 fully saturated rings. The van der Waals surface area contributed by atoms with Gasteiger partial charge in [0.25, 0.3) is 5.91 Å². The fourth-order valence-corrected chi connectivity index (χ4v) is 3.61. The molecule has 0 saturated carbocycles. The van der Waals surface area contributed by atoms with Crippen LogP contribution in [0.1, 0.15) is 10.4 Å². The third kappa shape index (κ3) is 3.86. The van der Waals surface area contributed by atoms with Gasteiger partial charge < -0.3 is 24.7 Å². The standard InChI is InChI=1S/C21H15F3N6O3/c22-21(23,24)33-15-3-1-2-13(9-15)29-5-4-12-8-14(10-26-18(12)29)30-6-7-32-19-16(20(30)31)17(25)27-11-28-19/h1-5,8-11H,6-7H2,(H2,25,27,28). The van der Waals surface area contributed by atoms with Crippen molar-refractivity contribution in [3.63, 3.8) is 0 Å². The van der Waals surface area contributed by atoms with E-state index < -0.39 is 12.3 Å². The van der Waals surface area contributed by atoms with Gasteiger partial charge in [0.2, 0.25) is 5.88 Å². The normalized spacial score (nSPS) is 14.0. The van der Waals surface area contributed by atoms with Gasteiger partial charge in [0.05, 0.1) is 24.1 Å². The summed E-state index contributed by atoms with van der Waals surface area (Å²) in [5.74, 6) is -0.625. The van der Waals surface area contributed by atoms with Gasteiger partial charge in [0.15, 0.2) is 0 Å². The van der Waals surface area contributed by atoms with Crippen molar-refractivity contribution in [3.05, 3.63) is 60.7 Å². The lowest BCUT2D eigenvalue weighted by atomic mass is 10.2. The number of pyridine rings is 1. The van der Waals surface area contributed by atoms with Crippen LogP contribution in [0.5, 0.6) is 11.6 Å². The lowest BCUT2D eigenvalue weighted by Gasteiger charge is -2.20. The van der Waals surface area contributed by atoms with Gasteiger partial charge in [-0.15, -0.1) is 13.2 Å². The zero-order chi connectivity index (χ0) is 23.2. The van der Waals surface area contributed by atoms with Gasteiger partial charge in [-0.05, 0) is 24.3 Å². The van der Waals surface area contributed by atoms with Gasteiger partial charge in [-0.3, -0.25) is 4.79 Å². The summed E-state index contributed by atoms with van der Waals surface area (Å²) in [6.45, 7) is 0.430. The summed E-state index contributed by atoms with van der Waals surface area (Å²) < 4.78 is 48.9. The zero-order valence-electron chi connectivity index (χ0n) is 16.8. The van der Waals surface area contributed by atoms with Crippen molar-refractivity contribution in [3.8, 4) is 17.3 Å². The maximum atomic E-state index is 13.1. The number of hydrogen-bond acceptors (Lipinski definition) is 7. The van der Waals surface area contributed by atoms with Crippen LogP contribution >= 0.6 is 0 Å². The van der Waals surface area contributed by atoms with E-state index in [1.807, 2.05) is 0 Å². The first-order valence-electron chi connectivity index (χ1n) is 9.68.